The Kier molecular flexibility index (Phi) is 2.71. The van der Waals surface area contributed by atoms with E-state index in [1.54, 1.807) is 11.0 Å². The molecule has 0 atom stereocenters. The largest absolute Gasteiger partial charge is 0.417 e. The Morgan fingerprint density at radius 2 is 2.00 bits per heavy atom. The van der Waals surface area contributed by atoms with E-state index in [2.05, 4.69) is 0 Å². The van der Waals surface area contributed by atoms with Gasteiger partial charge >= 0.3 is 6.18 Å². The van der Waals surface area contributed by atoms with E-state index in [1.807, 2.05) is 0 Å². The summed E-state index contributed by atoms with van der Waals surface area (Å²) in [5.41, 5.74) is 4.78. The number of alkyl halides is 3. The molecule has 6 heteroatoms. The molecule has 0 aliphatic carbocycles. The minimum atomic E-state index is -4.51. The number of nitrogens with two attached hydrogens (primary N) is 1. The Labute approximate surface area is 96.2 Å². The van der Waals surface area contributed by atoms with Crippen LogP contribution in [0, 0.1) is 11.3 Å². The Morgan fingerprint density at radius 3 is 2.47 bits per heavy atom. The number of benzene rings is 1. The van der Waals surface area contributed by atoms with Gasteiger partial charge in [0.15, 0.2) is 0 Å². The molecule has 2 rings (SSSR count). The van der Waals surface area contributed by atoms with Gasteiger partial charge in [-0.3, -0.25) is 0 Å². The number of hydrogen-bond donors (Lipinski definition) is 1. The van der Waals surface area contributed by atoms with Crippen molar-refractivity contribution >= 4 is 5.69 Å². The molecule has 0 aromatic heterocycles. The Morgan fingerprint density at radius 1 is 1.35 bits per heavy atom. The molecule has 1 saturated heterocycles. The Bertz CT molecular complexity index is 470. The normalized spacial score (nSPS) is 16.5. The maximum Gasteiger partial charge on any atom is 0.417 e. The SMILES string of the molecule is N#Cc1ccc(N2CC(N)C2)cc1C(F)(F)F. The number of rotatable bonds is 1. The molecule has 0 radical (unpaired) electrons. The second-order valence-corrected chi connectivity index (χ2v) is 4.00. The molecule has 1 aromatic carbocycles. The van der Waals surface area contributed by atoms with E-state index in [9.17, 15) is 13.2 Å². The molecule has 17 heavy (non-hydrogen) atoms. The van der Waals surface area contributed by atoms with Crippen LogP contribution in [0.5, 0.6) is 0 Å². The fourth-order valence-electron chi connectivity index (χ4n) is 1.78. The van der Waals surface area contributed by atoms with Crippen LogP contribution in [0.2, 0.25) is 0 Å². The van der Waals surface area contributed by atoms with Crippen molar-refractivity contribution in [3.05, 3.63) is 29.3 Å². The van der Waals surface area contributed by atoms with E-state index in [4.69, 9.17) is 11.0 Å². The van der Waals surface area contributed by atoms with Gasteiger partial charge in [-0.2, -0.15) is 18.4 Å². The van der Waals surface area contributed by atoms with Crippen molar-refractivity contribution in [2.45, 2.75) is 12.2 Å². The molecule has 90 valence electrons. The maximum atomic E-state index is 12.7. The molecule has 0 bridgehead atoms. The van der Waals surface area contributed by atoms with Crippen molar-refractivity contribution in [1.82, 2.24) is 0 Å². The third-order valence-corrected chi connectivity index (χ3v) is 2.70. The molecular weight excluding hydrogens is 231 g/mol. The van der Waals surface area contributed by atoms with E-state index < -0.39 is 11.7 Å². The van der Waals surface area contributed by atoms with Gasteiger partial charge in [-0.15, -0.1) is 0 Å². The lowest BCUT2D eigenvalue weighted by Crippen LogP contribution is -2.55. The Hall–Kier alpha value is -1.74. The highest BCUT2D eigenvalue weighted by atomic mass is 19.4. The minimum absolute atomic E-state index is 0.0139. The quantitative estimate of drug-likeness (QED) is 0.814. The molecule has 1 aliphatic heterocycles. The van der Waals surface area contributed by atoms with Crippen molar-refractivity contribution in [3.63, 3.8) is 0 Å². The molecule has 2 N–H and O–H groups in total. The van der Waals surface area contributed by atoms with Crippen molar-refractivity contribution < 1.29 is 13.2 Å². The topological polar surface area (TPSA) is 53.0 Å². The lowest BCUT2D eigenvalue weighted by Gasteiger charge is -2.39. The van der Waals surface area contributed by atoms with Gasteiger partial charge in [-0.25, -0.2) is 0 Å². The fraction of sp³-hybridized carbons (Fsp3) is 0.364. The summed E-state index contributed by atoms with van der Waals surface area (Å²) in [5.74, 6) is 0. The Balaban J connectivity index is 2.36. The summed E-state index contributed by atoms with van der Waals surface area (Å²) < 4.78 is 38.0. The van der Waals surface area contributed by atoms with Crippen LogP contribution in [0.25, 0.3) is 0 Å². The summed E-state index contributed by atoms with van der Waals surface area (Å²) in [6, 6.07) is 5.28. The molecule has 0 saturated carbocycles. The third-order valence-electron chi connectivity index (χ3n) is 2.70. The van der Waals surface area contributed by atoms with E-state index in [0.29, 0.717) is 18.8 Å². The first-order chi connectivity index (χ1) is 7.91. The van der Waals surface area contributed by atoms with Crippen molar-refractivity contribution in [2.75, 3.05) is 18.0 Å². The second kappa shape index (κ2) is 3.93. The van der Waals surface area contributed by atoms with Crippen LogP contribution >= 0.6 is 0 Å². The summed E-state index contributed by atoms with van der Waals surface area (Å²) in [6.45, 7) is 1.09. The maximum absolute atomic E-state index is 12.7. The molecule has 1 fully saturated rings. The fourth-order valence-corrected chi connectivity index (χ4v) is 1.78. The average Bonchev–Trinajstić information content (AvgIpc) is 2.23. The van der Waals surface area contributed by atoms with E-state index in [0.717, 1.165) is 6.07 Å². The van der Waals surface area contributed by atoms with Gasteiger partial charge in [0.2, 0.25) is 0 Å². The van der Waals surface area contributed by atoms with Crippen LogP contribution in [0.1, 0.15) is 11.1 Å². The predicted molar refractivity (Wildman–Crippen MR) is 56.3 cm³/mol. The van der Waals surface area contributed by atoms with Crippen LogP contribution in [0.3, 0.4) is 0 Å². The summed E-state index contributed by atoms with van der Waals surface area (Å²) >= 11 is 0. The number of anilines is 1. The summed E-state index contributed by atoms with van der Waals surface area (Å²) in [5, 5.41) is 8.64. The highest BCUT2D eigenvalue weighted by molar-refractivity contribution is 5.56. The van der Waals surface area contributed by atoms with Gasteiger partial charge in [0.05, 0.1) is 17.2 Å². The molecule has 0 amide bonds. The van der Waals surface area contributed by atoms with Gasteiger partial charge in [0.25, 0.3) is 0 Å². The highest BCUT2D eigenvalue weighted by Gasteiger charge is 2.35. The zero-order valence-corrected chi connectivity index (χ0v) is 8.83. The summed E-state index contributed by atoms with van der Waals surface area (Å²) in [4.78, 5) is 1.75. The molecule has 3 nitrogen and oxygen atoms in total. The molecule has 0 spiro atoms. The van der Waals surface area contributed by atoms with Gasteiger partial charge in [-0.1, -0.05) is 0 Å². The number of hydrogen-bond acceptors (Lipinski definition) is 3. The molecular formula is C11H10F3N3. The van der Waals surface area contributed by atoms with Crippen LogP contribution < -0.4 is 10.6 Å². The van der Waals surface area contributed by atoms with E-state index in [-0.39, 0.29) is 11.6 Å². The molecule has 1 aliphatic rings. The molecule has 0 unspecified atom stereocenters. The van der Waals surface area contributed by atoms with Crippen molar-refractivity contribution in [1.29, 1.82) is 5.26 Å². The zero-order valence-electron chi connectivity index (χ0n) is 8.83. The van der Waals surface area contributed by atoms with Crippen LogP contribution in [0.15, 0.2) is 18.2 Å². The summed E-state index contributed by atoms with van der Waals surface area (Å²) in [6.07, 6.45) is -4.51. The average molecular weight is 241 g/mol. The smallest absolute Gasteiger partial charge is 0.368 e. The third kappa shape index (κ3) is 2.19. The first-order valence-corrected chi connectivity index (χ1v) is 5.03. The van der Waals surface area contributed by atoms with E-state index in [1.165, 1.54) is 12.1 Å². The molecule has 1 heterocycles. The van der Waals surface area contributed by atoms with Crippen molar-refractivity contribution in [2.24, 2.45) is 5.73 Å². The highest BCUT2D eigenvalue weighted by Crippen LogP contribution is 2.35. The van der Waals surface area contributed by atoms with Gasteiger partial charge in [0, 0.05) is 24.8 Å². The van der Waals surface area contributed by atoms with Gasteiger partial charge in [-0.05, 0) is 18.2 Å². The van der Waals surface area contributed by atoms with Crippen LogP contribution in [0.4, 0.5) is 18.9 Å². The summed E-state index contributed by atoms with van der Waals surface area (Å²) in [7, 11) is 0. The zero-order chi connectivity index (χ0) is 12.6. The van der Waals surface area contributed by atoms with E-state index >= 15 is 0 Å². The lowest BCUT2D eigenvalue weighted by atomic mass is 10.0. The first kappa shape index (κ1) is 11.7. The number of halogens is 3. The number of nitriles is 1. The standard InChI is InChI=1S/C11H10F3N3/c12-11(13,14)10-3-9(2-1-7(10)4-15)17-5-8(16)6-17/h1-3,8H,5-6,16H2. The van der Waals surface area contributed by atoms with Gasteiger partial charge < -0.3 is 10.6 Å². The van der Waals surface area contributed by atoms with Crippen LogP contribution in [-0.4, -0.2) is 19.1 Å². The minimum Gasteiger partial charge on any atom is -0.368 e. The predicted octanol–water partition coefficient (Wildman–Crippen LogP) is 1.72. The molecule has 1 aromatic rings. The lowest BCUT2D eigenvalue weighted by molar-refractivity contribution is -0.137. The monoisotopic (exact) mass is 241 g/mol. The number of nitrogens with zero attached hydrogens (tertiary/aromatic N) is 2. The van der Waals surface area contributed by atoms with Crippen LogP contribution in [-0.2, 0) is 6.18 Å². The second-order valence-electron chi connectivity index (χ2n) is 4.00. The first-order valence-electron chi connectivity index (χ1n) is 5.03. The van der Waals surface area contributed by atoms with Crippen molar-refractivity contribution in [3.8, 4) is 6.07 Å². The van der Waals surface area contributed by atoms with Gasteiger partial charge in [0.1, 0.15) is 0 Å².